The van der Waals surface area contributed by atoms with Crippen molar-refractivity contribution in [2.75, 3.05) is 6.61 Å². The smallest absolute Gasteiger partial charge is 0.264 e. The molecule has 0 rings (SSSR count). The fourth-order valence-electron chi connectivity index (χ4n) is 2.81. The van der Waals surface area contributed by atoms with Crippen molar-refractivity contribution in [3.8, 4) is 0 Å². The van der Waals surface area contributed by atoms with Gasteiger partial charge in [0, 0.05) is 19.5 Å². The summed E-state index contributed by atoms with van der Waals surface area (Å²) in [6.07, 6.45) is 20.5. The topological polar surface area (TPSA) is 63.6 Å². The van der Waals surface area contributed by atoms with Gasteiger partial charge in [-0.2, -0.15) is 8.42 Å². The second-order valence-electron chi connectivity index (χ2n) is 6.55. The largest absolute Gasteiger partial charge is 0.397 e. The summed E-state index contributed by atoms with van der Waals surface area (Å²) in [5.74, 6) is 0. The van der Waals surface area contributed by atoms with Crippen LogP contribution in [0.15, 0.2) is 0 Å². The van der Waals surface area contributed by atoms with Crippen molar-refractivity contribution >= 4 is 10.4 Å². The number of hydrogen-bond acceptors (Lipinski definition) is 3. The van der Waals surface area contributed by atoms with E-state index in [4.69, 9.17) is 4.55 Å². The Morgan fingerprint density at radius 1 is 0.625 bits per heavy atom. The molecule has 6 heteroatoms. The first kappa shape index (κ1) is 26.7. The van der Waals surface area contributed by atoms with Gasteiger partial charge in [-0.3, -0.25) is 4.55 Å². The Labute approximate surface area is 163 Å². The zero-order valence-corrected chi connectivity index (χ0v) is 19.6. The molecule has 0 spiro atoms. The van der Waals surface area contributed by atoms with Crippen LogP contribution in [0.5, 0.6) is 0 Å². The van der Waals surface area contributed by atoms with Gasteiger partial charge < -0.3 is 0 Å². The van der Waals surface area contributed by atoms with E-state index in [1.165, 1.54) is 83.5 Å². The summed E-state index contributed by atoms with van der Waals surface area (Å²) in [6.45, 7) is 2.36. The van der Waals surface area contributed by atoms with E-state index in [9.17, 15) is 8.42 Å². The van der Waals surface area contributed by atoms with Crippen LogP contribution in [-0.4, -0.2) is 19.6 Å². The van der Waals surface area contributed by atoms with E-state index in [-0.39, 0.29) is 26.1 Å². The van der Waals surface area contributed by atoms with E-state index in [0.29, 0.717) is 6.42 Å². The van der Waals surface area contributed by atoms with E-state index < -0.39 is 10.4 Å². The monoisotopic (exact) mass is 414 g/mol. The van der Waals surface area contributed by atoms with Gasteiger partial charge >= 0.3 is 10.4 Å². The average molecular weight is 416 g/mol. The molecule has 0 saturated heterocycles. The number of unbranched alkanes of at least 4 members (excludes halogenated alkanes) is 15. The van der Waals surface area contributed by atoms with Crippen LogP contribution in [0.3, 0.4) is 0 Å². The van der Waals surface area contributed by atoms with Crippen LogP contribution in [0.1, 0.15) is 110 Å². The summed E-state index contributed by atoms with van der Waals surface area (Å²) < 4.78 is 33.3. The normalized spacial score (nSPS) is 11.4. The first-order chi connectivity index (χ1) is 11.1. The van der Waals surface area contributed by atoms with Crippen molar-refractivity contribution in [2.24, 2.45) is 0 Å². The molecule has 0 heterocycles. The molecule has 142 valence electrons. The van der Waals surface area contributed by atoms with Gasteiger partial charge in [-0.25, -0.2) is 4.18 Å². The van der Waals surface area contributed by atoms with Gasteiger partial charge in [-0.1, -0.05) is 103 Å². The summed E-state index contributed by atoms with van der Waals surface area (Å²) in [6, 6.07) is 0. The van der Waals surface area contributed by atoms with Gasteiger partial charge in [0.2, 0.25) is 0 Å². The summed E-state index contributed by atoms with van der Waals surface area (Å²) in [4.78, 5) is 0. The second kappa shape index (κ2) is 19.8. The molecule has 0 aliphatic rings. The third-order valence-corrected chi connectivity index (χ3v) is 4.69. The van der Waals surface area contributed by atoms with Crippen molar-refractivity contribution < 1.29 is 36.6 Å². The fraction of sp³-hybridized carbons (Fsp3) is 1.00. The SMILES string of the molecule is CCCCCCCCCCCCCCCCCCOS(=O)(=O)O.[Zn]. The van der Waals surface area contributed by atoms with Crippen molar-refractivity contribution in [3.63, 3.8) is 0 Å². The van der Waals surface area contributed by atoms with Crippen molar-refractivity contribution in [2.45, 2.75) is 110 Å². The predicted octanol–water partition coefficient (Wildman–Crippen LogP) is 6.06. The van der Waals surface area contributed by atoms with Crippen LogP contribution in [0.2, 0.25) is 0 Å². The number of rotatable bonds is 18. The molecule has 0 saturated carbocycles. The van der Waals surface area contributed by atoms with E-state index in [1.807, 2.05) is 0 Å². The molecule has 0 unspecified atom stereocenters. The third kappa shape index (κ3) is 24.7. The van der Waals surface area contributed by atoms with Crippen LogP contribution in [0.4, 0.5) is 0 Å². The Balaban J connectivity index is 0. The van der Waals surface area contributed by atoms with Gasteiger partial charge in [0.25, 0.3) is 0 Å². The number of hydrogen-bond donors (Lipinski definition) is 1. The summed E-state index contributed by atoms with van der Waals surface area (Å²) in [5.41, 5.74) is 0. The Bertz CT molecular complexity index is 334. The first-order valence-electron chi connectivity index (χ1n) is 9.68. The average Bonchev–Trinajstić information content (AvgIpc) is 2.49. The van der Waals surface area contributed by atoms with Crippen LogP contribution in [0.25, 0.3) is 0 Å². The molecule has 4 nitrogen and oxygen atoms in total. The van der Waals surface area contributed by atoms with Crippen molar-refractivity contribution in [1.82, 2.24) is 0 Å². The summed E-state index contributed by atoms with van der Waals surface area (Å²) in [7, 11) is -4.24. The van der Waals surface area contributed by atoms with Crippen molar-refractivity contribution in [1.29, 1.82) is 0 Å². The second-order valence-corrected chi connectivity index (χ2v) is 7.64. The van der Waals surface area contributed by atoms with E-state index in [1.54, 1.807) is 0 Å². The van der Waals surface area contributed by atoms with Gasteiger partial charge in [0.05, 0.1) is 6.61 Å². The van der Waals surface area contributed by atoms with Crippen LogP contribution in [-0.2, 0) is 34.1 Å². The molecule has 0 aromatic carbocycles. The van der Waals surface area contributed by atoms with Crippen LogP contribution >= 0.6 is 0 Å². The zero-order chi connectivity index (χ0) is 17.2. The molecule has 0 radical (unpaired) electrons. The molecule has 24 heavy (non-hydrogen) atoms. The molecule has 0 aliphatic carbocycles. The summed E-state index contributed by atoms with van der Waals surface area (Å²) >= 11 is 0. The Kier molecular flexibility index (Phi) is 22.1. The minimum absolute atomic E-state index is 0. The molecule has 0 amide bonds. The van der Waals surface area contributed by atoms with E-state index in [2.05, 4.69) is 11.1 Å². The molecule has 0 aliphatic heterocycles. The Hall–Kier alpha value is 0.493. The van der Waals surface area contributed by atoms with Gasteiger partial charge in [-0.05, 0) is 6.42 Å². The third-order valence-electron chi connectivity index (χ3n) is 4.23. The maximum Gasteiger partial charge on any atom is 0.397 e. The first-order valence-corrected chi connectivity index (χ1v) is 11.0. The minimum atomic E-state index is -4.24. The maximum atomic E-state index is 10.3. The Morgan fingerprint density at radius 2 is 0.917 bits per heavy atom. The van der Waals surface area contributed by atoms with Crippen LogP contribution < -0.4 is 0 Å². The molecular formula is C18H38O4SZn. The molecule has 0 aromatic rings. The van der Waals surface area contributed by atoms with Gasteiger partial charge in [0.15, 0.2) is 0 Å². The standard InChI is InChI=1S/C18H38O4S.Zn/c1-2-3-4-5-6-7-8-9-10-11-12-13-14-15-16-17-18-22-23(19,20)21;/h2-18H2,1H3,(H,19,20,21);. The molecule has 0 atom stereocenters. The summed E-state index contributed by atoms with van der Waals surface area (Å²) in [5, 5.41) is 0. The molecule has 0 fully saturated rings. The molecule has 0 bridgehead atoms. The van der Waals surface area contributed by atoms with Crippen molar-refractivity contribution in [3.05, 3.63) is 0 Å². The van der Waals surface area contributed by atoms with Gasteiger partial charge in [0.1, 0.15) is 0 Å². The van der Waals surface area contributed by atoms with Crippen LogP contribution in [0, 0.1) is 0 Å². The fourth-order valence-corrected chi connectivity index (χ4v) is 3.14. The molecule has 0 aromatic heterocycles. The quantitative estimate of drug-likeness (QED) is 0.168. The predicted molar refractivity (Wildman–Crippen MR) is 97.0 cm³/mol. The van der Waals surface area contributed by atoms with Gasteiger partial charge in [-0.15, -0.1) is 0 Å². The molecule has 1 N–H and O–H groups in total. The Morgan fingerprint density at radius 3 is 1.21 bits per heavy atom. The maximum absolute atomic E-state index is 10.3. The zero-order valence-electron chi connectivity index (χ0n) is 15.8. The van der Waals surface area contributed by atoms with E-state index in [0.717, 1.165) is 12.8 Å². The minimum Gasteiger partial charge on any atom is -0.264 e. The van der Waals surface area contributed by atoms with E-state index >= 15 is 0 Å². The molecular weight excluding hydrogens is 378 g/mol.